The molecule has 0 saturated carbocycles. The number of nitrogens with two attached hydrogens (primary N) is 1. The Kier molecular flexibility index (Phi) is 4.05. The zero-order chi connectivity index (χ0) is 13.1. The summed E-state index contributed by atoms with van der Waals surface area (Å²) < 4.78 is 0. The van der Waals surface area contributed by atoms with Crippen LogP contribution in [0.25, 0.3) is 0 Å². The first-order valence-electron chi connectivity index (χ1n) is 6.14. The minimum atomic E-state index is -0.00944. The van der Waals surface area contributed by atoms with Crippen molar-refractivity contribution in [3.63, 3.8) is 0 Å². The molecule has 2 N–H and O–H groups in total. The van der Waals surface area contributed by atoms with Gasteiger partial charge in [-0.1, -0.05) is 53.6 Å². The lowest BCUT2D eigenvalue weighted by atomic mass is 9.95. The maximum atomic E-state index is 6.31. The van der Waals surface area contributed by atoms with Gasteiger partial charge in [-0.2, -0.15) is 0 Å². The van der Waals surface area contributed by atoms with Gasteiger partial charge >= 0.3 is 0 Å². The molecule has 2 rings (SSSR count). The molecule has 94 valence electrons. The van der Waals surface area contributed by atoms with E-state index in [1.54, 1.807) is 0 Å². The first kappa shape index (κ1) is 13.1. The lowest BCUT2D eigenvalue weighted by Crippen LogP contribution is -2.15. The molecule has 0 bridgehead atoms. The van der Waals surface area contributed by atoms with Crippen LogP contribution in [0.3, 0.4) is 0 Å². The van der Waals surface area contributed by atoms with E-state index in [1.807, 2.05) is 24.3 Å². The van der Waals surface area contributed by atoms with Crippen LogP contribution in [0.4, 0.5) is 0 Å². The standard InChI is InChI=1S/C16H18ClN/c1-11-7-8-12(2)14(9-11)16(18)10-13-5-3-4-6-15(13)17/h3-9,16H,10,18H2,1-2H3. The molecule has 0 spiro atoms. The van der Waals surface area contributed by atoms with Crippen LogP contribution in [-0.2, 0) is 6.42 Å². The van der Waals surface area contributed by atoms with Gasteiger partial charge in [0.25, 0.3) is 0 Å². The Morgan fingerprint density at radius 3 is 2.56 bits per heavy atom. The van der Waals surface area contributed by atoms with Crippen molar-refractivity contribution in [2.75, 3.05) is 0 Å². The summed E-state index contributed by atoms with van der Waals surface area (Å²) in [6.45, 7) is 4.19. The molecule has 2 heteroatoms. The average molecular weight is 260 g/mol. The maximum Gasteiger partial charge on any atom is 0.0438 e. The van der Waals surface area contributed by atoms with Crippen LogP contribution >= 0.6 is 11.6 Å². The third kappa shape index (κ3) is 2.92. The first-order chi connectivity index (χ1) is 8.58. The van der Waals surface area contributed by atoms with Crippen molar-refractivity contribution in [1.29, 1.82) is 0 Å². The Morgan fingerprint density at radius 1 is 1.11 bits per heavy atom. The molecule has 0 fully saturated rings. The predicted octanol–water partition coefficient (Wildman–Crippen LogP) is 4.20. The minimum absolute atomic E-state index is 0.00944. The number of benzene rings is 2. The normalized spacial score (nSPS) is 12.4. The van der Waals surface area contributed by atoms with Crippen LogP contribution in [0.2, 0.25) is 5.02 Å². The van der Waals surface area contributed by atoms with E-state index in [0.717, 1.165) is 17.0 Å². The number of hydrogen-bond acceptors (Lipinski definition) is 1. The molecule has 2 aromatic rings. The number of aryl methyl sites for hydroxylation is 2. The highest BCUT2D eigenvalue weighted by molar-refractivity contribution is 6.31. The highest BCUT2D eigenvalue weighted by Gasteiger charge is 2.11. The van der Waals surface area contributed by atoms with E-state index in [9.17, 15) is 0 Å². The second-order valence-corrected chi connectivity index (χ2v) is 5.17. The zero-order valence-corrected chi connectivity index (χ0v) is 11.5. The van der Waals surface area contributed by atoms with Gasteiger partial charge in [0.1, 0.15) is 0 Å². The molecule has 0 aliphatic rings. The SMILES string of the molecule is Cc1ccc(C)c(C(N)Cc2ccccc2Cl)c1. The van der Waals surface area contributed by atoms with Gasteiger partial charge in [-0.3, -0.25) is 0 Å². The summed E-state index contributed by atoms with van der Waals surface area (Å²) in [4.78, 5) is 0. The number of rotatable bonds is 3. The largest absolute Gasteiger partial charge is 0.324 e. The predicted molar refractivity (Wildman–Crippen MR) is 78.0 cm³/mol. The van der Waals surface area contributed by atoms with Crippen LogP contribution in [0.5, 0.6) is 0 Å². The molecule has 1 nitrogen and oxygen atoms in total. The third-order valence-corrected chi connectivity index (χ3v) is 3.60. The average Bonchev–Trinajstić information content (AvgIpc) is 2.35. The van der Waals surface area contributed by atoms with Gasteiger partial charge in [-0.25, -0.2) is 0 Å². The van der Waals surface area contributed by atoms with Crippen molar-refractivity contribution in [3.05, 3.63) is 69.7 Å². The zero-order valence-electron chi connectivity index (χ0n) is 10.8. The number of halogens is 1. The molecule has 0 radical (unpaired) electrons. The van der Waals surface area contributed by atoms with E-state index < -0.39 is 0 Å². The van der Waals surface area contributed by atoms with E-state index >= 15 is 0 Å². The van der Waals surface area contributed by atoms with E-state index in [1.165, 1.54) is 16.7 Å². The van der Waals surface area contributed by atoms with Gasteiger partial charge in [-0.15, -0.1) is 0 Å². The summed E-state index contributed by atoms with van der Waals surface area (Å²) in [5.41, 5.74) is 11.1. The lowest BCUT2D eigenvalue weighted by Gasteiger charge is -2.16. The third-order valence-electron chi connectivity index (χ3n) is 3.23. The van der Waals surface area contributed by atoms with Gasteiger partial charge in [-0.05, 0) is 43.0 Å². The Hall–Kier alpha value is -1.31. The van der Waals surface area contributed by atoms with Gasteiger partial charge in [0.05, 0.1) is 0 Å². The molecular weight excluding hydrogens is 242 g/mol. The molecule has 1 unspecified atom stereocenters. The fourth-order valence-corrected chi connectivity index (χ4v) is 2.38. The lowest BCUT2D eigenvalue weighted by molar-refractivity contribution is 0.716. The summed E-state index contributed by atoms with van der Waals surface area (Å²) in [7, 11) is 0. The minimum Gasteiger partial charge on any atom is -0.324 e. The maximum absolute atomic E-state index is 6.31. The van der Waals surface area contributed by atoms with Gasteiger partial charge < -0.3 is 5.73 Å². The summed E-state index contributed by atoms with van der Waals surface area (Å²) in [6.07, 6.45) is 0.768. The van der Waals surface area contributed by atoms with Gasteiger partial charge in [0.15, 0.2) is 0 Å². The molecule has 18 heavy (non-hydrogen) atoms. The van der Waals surface area contributed by atoms with Crippen LogP contribution in [0, 0.1) is 13.8 Å². The van der Waals surface area contributed by atoms with Crippen molar-refractivity contribution < 1.29 is 0 Å². The van der Waals surface area contributed by atoms with Crippen LogP contribution in [-0.4, -0.2) is 0 Å². The van der Waals surface area contributed by atoms with E-state index in [-0.39, 0.29) is 6.04 Å². The molecule has 0 saturated heterocycles. The quantitative estimate of drug-likeness (QED) is 0.878. The molecular formula is C16H18ClN. The van der Waals surface area contributed by atoms with Crippen molar-refractivity contribution in [2.45, 2.75) is 26.3 Å². The molecule has 2 aromatic carbocycles. The van der Waals surface area contributed by atoms with Crippen molar-refractivity contribution >= 4 is 11.6 Å². The summed E-state index contributed by atoms with van der Waals surface area (Å²) >= 11 is 6.17. The van der Waals surface area contributed by atoms with Crippen molar-refractivity contribution in [1.82, 2.24) is 0 Å². The molecule has 1 atom stereocenters. The summed E-state index contributed by atoms with van der Waals surface area (Å²) in [6, 6.07) is 14.3. The van der Waals surface area contributed by atoms with Crippen LogP contribution in [0.1, 0.15) is 28.3 Å². The Balaban J connectivity index is 2.25. The van der Waals surface area contributed by atoms with Crippen molar-refractivity contribution in [2.24, 2.45) is 5.73 Å². The van der Waals surface area contributed by atoms with E-state index in [4.69, 9.17) is 17.3 Å². The molecule has 0 aromatic heterocycles. The summed E-state index contributed by atoms with van der Waals surface area (Å²) in [5.74, 6) is 0. The highest BCUT2D eigenvalue weighted by Crippen LogP contribution is 2.24. The van der Waals surface area contributed by atoms with Crippen LogP contribution in [0.15, 0.2) is 42.5 Å². The monoisotopic (exact) mass is 259 g/mol. The Bertz CT molecular complexity index is 549. The molecule has 0 heterocycles. The van der Waals surface area contributed by atoms with E-state index in [0.29, 0.717) is 0 Å². The number of hydrogen-bond donors (Lipinski definition) is 1. The Morgan fingerprint density at radius 2 is 1.83 bits per heavy atom. The molecule has 0 aliphatic carbocycles. The van der Waals surface area contributed by atoms with Gasteiger partial charge in [0, 0.05) is 11.1 Å². The Labute approximate surface area is 114 Å². The van der Waals surface area contributed by atoms with Crippen molar-refractivity contribution in [3.8, 4) is 0 Å². The van der Waals surface area contributed by atoms with E-state index in [2.05, 4.69) is 32.0 Å². The second-order valence-electron chi connectivity index (χ2n) is 4.76. The van der Waals surface area contributed by atoms with Crippen LogP contribution < -0.4 is 5.73 Å². The highest BCUT2D eigenvalue weighted by atomic mass is 35.5. The molecule has 0 amide bonds. The fraction of sp³-hybridized carbons (Fsp3) is 0.250. The molecule has 0 aliphatic heterocycles. The summed E-state index contributed by atoms with van der Waals surface area (Å²) in [5, 5.41) is 0.790. The van der Waals surface area contributed by atoms with Gasteiger partial charge in [0.2, 0.25) is 0 Å². The topological polar surface area (TPSA) is 26.0 Å². The smallest absolute Gasteiger partial charge is 0.0438 e. The second kappa shape index (κ2) is 5.55. The fourth-order valence-electron chi connectivity index (χ4n) is 2.17. The first-order valence-corrected chi connectivity index (χ1v) is 6.52.